The van der Waals surface area contributed by atoms with Crippen molar-refractivity contribution in [1.82, 2.24) is 14.9 Å². The van der Waals surface area contributed by atoms with E-state index in [0.717, 1.165) is 56.9 Å². The van der Waals surface area contributed by atoms with Crippen molar-refractivity contribution < 1.29 is 14.1 Å². The Morgan fingerprint density at radius 1 is 1.26 bits per heavy atom. The van der Waals surface area contributed by atoms with Gasteiger partial charge in [-0.1, -0.05) is 19.8 Å². The highest BCUT2D eigenvalue weighted by atomic mass is 32.2. The van der Waals surface area contributed by atoms with Crippen LogP contribution >= 0.6 is 0 Å². The van der Waals surface area contributed by atoms with Crippen LogP contribution in [-0.4, -0.2) is 65.2 Å². The first-order valence-corrected chi connectivity index (χ1v) is 11.1. The van der Waals surface area contributed by atoms with E-state index in [1.807, 2.05) is 38.1 Å². The summed E-state index contributed by atoms with van der Waals surface area (Å²) in [5.41, 5.74) is -0.704. The van der Waals surface area contributed by atoms with Crippen LogP contribution in [0.1, 0.15) is 40.0 Å². The molecule has 1 heterocycles. The quantitative estimate of drug-likeness (QED) is 0.498. The minimum Gasteiger partial charge on any atom is -0.485 e. The number of aliphatic hydroxyl groups excluding tert-OH is 1. The Bertz CT molecular complexity index is 574. The first-order chi connectivity index (χ1) is 12.9. The lowest BCUT2D eigenvalue weighted by atomic mass is 10.0. The summed E-state index contributed by atoms with van der Waals surface area (Å²) in [6.07, 6.45) is 2.73. The Kier molecular flexibility index (Phi) is 9.18. The number of benzene rings is 1. The first kappa shape index (κ1) is 22.3. The zero-order chi connectivity index (χ0) is 19.7. The van der Waals surface area contributed by atoms with Crippen LogP contribution in [0.4, 0.5) is 0 Å². The van der Waals surface area contributed by atoms with E-state index in [2.05, 4.69) is 21.9 Å². The van der Waals surface area contributed by atoms with E-state index >= 15 is 0 Å². The van der Waals surface area contributed by atoms with Crippen LogP contribution in [-0.2, 0) is 11.0 Å². The van der Waals surface area contributed by atoms with Crippen molar-refractivity contribution in [3.05, 3.63) is 24.3 Å². The second kappa shape index (κ2) is 11.1. The smallest absolute Gasteiger partial charge is 0.130 e. The van der Waals surface area contributed by atoms with Crippen LogP contribution in [0.5, 0.6) is 5.75 Å². The number of hydrogen-bond acceptors (Lipinski definition) is 5. The third-order valence-corrected chi connectivity index (χ3v) is 6.04. The monoisotopic (exact) mass is 397 g/mol. The first-order valence-electron chi connectivity index (χ1n) is 9.98. The summed E-state index contributed by atoms with van der Waals surface area (Å²) in [7, 11) is -1.20. The molecule has 7 heteroatoms. The normalized spacial score (nSPS) is 18.2. The second-order valence-electron chi connectivity index (χ2n) is 7.61. The van der Waals surface area contributed by atoms with E-state index in [-0.39, 0.29) is 0 Å². The van der Waals surface area contributed by atoms with Crippen LogP contribution < -0.4 is 14.8 Å². The fourth-order valence-corrected chi connectivity index (χ4v) is 3.86. The average molecular weight is 398 g/mol. The molecule has 0 amide bonds. The van der Waals surface area contributed by atoms with Crippen molar-refractivity contribution in [3.8, 4) is 5.75 Å². The van der Waals surface area contributed by atoms with Gasteiger partial charge in [0.15, 0.2) is 0 Å². The molecule has 0 radical (unpaired) electrons. The van der Waals surface area contributed by atoms with Crippen molar-refractivity contribution in [2.75, 3.05) is 39.3 Å². The SMILES string of the molecule is CCCCCNS(=O)c1ccc(OC(C)(C)C(O)CN2CCNCC2)cc1. The summed E-state index contributed by atoms with van der Waals surface area (Å²) in [5.74, 6) is 0.672. The Labute approximate surface area is 166 Å². The fourth-order valence-electron chi connectivity index (χ4n) is 2.98. The number of rotatable bonds is 11. The highest BCUT2D eigenvalue weighted by Crippen LogP contribution is 2.23. The number of hydrogen-bond donors (Lipinski definition) is 3. The lowest BCUT2D eigenvalue weighted by Gasteiger charge is -2.36. The van der Waals surface area contributed by atoms with Gasteiger partial charge < -0.3 is 15.2 Å². The van der Waals surface area contributed by atoms with Crippen LogP contribution in [0.25, 0.3) is 0 Å². The number of ether oxygens (including phenoxy) is 1. The molecule has 0 saturated carbocycles. The van der Waals surface area contributed by atoms with Gasteiger partial charge in [0, 0.05) is 39.3 Å². The van der Waals surface area contributed by atoms with Crippen molar-refractivity contribution in [2.24, 2.45) is 0 Å². The third-order valence-electron chi connectivity index (χ3n) is 4.88. The fraction of sp³-hybridized carbons (Fsp3) is 0.700. The zero-order valence-corrected chi connectivity index (χ0v) is 17.7. The molecule has 0 aromatic heterocycles. The van der Waals surface area contributed by atoms with Gasteiger partial charge in [-0.3, -0.25) is 4.90 Å². The molecule has 1 aliphatic heterocycles. The van der Waals surface area contributed by atoms with Crippen molar-refractivity contribution in [1.29, 1.82) is 0 Å². The van der Waals surface area contributed by atoms with E-state index in [1.54, 1.807) is 0 Å². The Hall–Kier alpha value is -0.990. The number of β-amino-alcohol motifs (C(OH)–C–C–N with tert-alkyl or cyclic N) is 1. The number of piperazine rings is 1. The van der Waals surface area contributed by atoms with Crippen LogP contribution in [0, 0.1) is 0 Å². The van der Waals surface area contributed by atoms with Gasteiger partial charge in [0.05, 0.1) is 4.90 Å². The van der Waals surface area contributed by atoms with Crippen LogP contribution in [0.15, 0.2) is 29.2 Å². The van der Waals surface area contributed by atoms with Crippen LogP contribution in [0.3, 0.4) is 0 Å². The van der Waals surface area contributed by atoms with E-state index in [0.29, 0.717) is 12.3 Å². The highest BCUT2D eigenvalue weighted by Gasteiger charge is 2.32. The molecule has 1 aromatic rings. The van der Waals surface area contributed by atoms with E-state index < -0.39 is 22.7 Å². The molecule has 27 heavy (non-hydrogen) atoms. The number of unbranched alkanes of at least 4 members (excludes halogenated alkanes) is 2. The molecule has 6 nitrogen and oxygen atoms in total. The molecule has 1 aromatic carbocycles. The maximum Gasteiger partial charge on any atom is 0.130 e. The average Bonchev–Trinajstić information content (AvgIpc) is 2.66. The molecule has 0 aliphatic carbocycles. The minimum absolute atomic E-state index is 0.593. The van der Waals surface area contributed by atoms with Gasteiger partial charge >= 0.3 is 0 Å². The predicted octanol–water partition coefficient (Wildman–Crippen LogP) is 1.91. The molecule has 0 bridgehead atoms. The number of nitrogens with one attached hydrogen (secondary N) is 2. The number of aliphatic hydroxyl groups is 1. The molecular weight excluding hydrogens is 362 g/mol. The Morgan fingerprint density at radius 3 is 2.56 bits per heavy atom. The van der Waals surface area contributed by atoms with Gasteiger partial charge in [0.25, 0.3) is 0 Å². The molecular formula is C20H35N3O3S. The van der Waals surface area contributed by atoms with Gasteiger partial charge in [-0.25, -0.2) is 8.93 Å². The summed E-state index contributed by atoms with van der Waals surface area (Å²) >= 11 is 0. The number of nitrogens with zero attached hydrogens (tertiary/aromatic N) is 1. The second-order valence-corrected chi connectivity index (χ2v) is 8.91. The topological polar surface area (TPSA) is 73.8 Å². The largest absolute Gasteiger partial charge is 0.485 e. The molecule has 2 atom stereocenters. The zero-order valence-electron chi connectivity index (χ0n) is 16.9. The molecule has 1 saturated heterocycles. The molecule has 1 aliphatic rings. The van der Waals surface area contributed by atoms with E-state index in [1.165, 1.54) is 0 Å². The third kappa shape index (κ3) is 7.50. The van der Waals surface area contributed by atoms with Crippen LogP contribution in [0.2, 0.25) is 0 Å². The molecule has 2 unspecified atom stereocenters. The van der Waals surface area contributed by atoms with Gasteiger partial charge in [0.2, 0.25) is 0 Å². The molecule has 3 N–H and O–H groups in total. The van der Waals surface area contributed by atoms with Gasteiger partial charge in [0.1, 0.15) is 28.4 Å². The summed E-state index contributed by atoms with van der Waals surface area (Å²) in [6, 6.07) is 7.27. The lowest BCUT2D eigenvalue weighted by molar-refractivity contribution is -0.0456. The summed E-state index contributed by atoms with van der Waals surface area (Å²) in [4.78, 5) is 2.99. The molecule has 0 spiro atoms. The lowest BCUT2D eigenvalue weighted by Crippen LogP contribution is -2.52. The molecule has 1 fully saturated rings. The Balaban J connectivity index is 1.85. The van der Waals surface area contributed by atoms with Crippen molar-refractivity contribution in [2.45, 2.75) is 56.6 Å². The summed E-state index contributed by atoms with van der Waals surface area (Å²) < 4.78 is 21.3. The maximum atomic E-state index is 12.2. The van der Waals surface area contributed by atoms with Gasteiger partial charge in [-0.05, 0) is 44.5 Å². The van der Waals surface area contributed by atoms with Crippen molar-refractivity contribution in [3.63, 3.8) is 0 Å². The molecule has 154 valence electrons. The Morgan fingerprint density at radius 2 is 1.93 bits per heavy atom. The highest BCUT2D eigenvalue weighted by molar-refractivity contribution is 7.83. The van der Waals surface area contributed by atoms with Gasteiger partial charge in [-0.2, -0.15) is 0 Å². The standard InChI is InChI=1S/C20H35N3O3S/c1-4-5-6-11-22-27(25)18-9-7-17(8-10-18)26-20(2,3)19(24)16-23-14-12-21-13-15-23/h7-10,19,21-22,24H,4-6,11-16H2,1-3H3. The summed E-state index contributed by atoms with van der Waals surface area (Å²) in [5, 5.41) is 13.9. The summed E-state index contributed by atoms with van der Waals surface area (Å²) in [6.45, 7) is 11.1. The maximum absolute atomic E-state index is 12.2. The van der Waals surface area contributed by atoms with Crippen molar-refractivity contribution >= 4 is 11.0 Å². The minimum atomic E-state index is -1.20. The predicted molar refractivity (Wildman–Crippen MR) is 110 cm³/mol. The van der Waals surface area contributed by atoms with E-state index in [9.17, 15) is 9.32 Å². The molecule has 2 rings (SSSR count). The van der Waals surface area contributed by atoms with E-state index in [4.69, 9.17) is 4.74 Å². The van der Waals surface area contributed by atoms with Gasteiger partial charge in [-0.15, -0.1) is 0 Å².